The summed E-state index contributed by atoms with van der Waals surface area (Å²) in [6.07, 6.45) is 0. The Morgan fingerprint density at radius 2 is 1.63 bits per heavy atom. The van der Waals surface area contributed by atoms with Gasteiger partial charge in [0.05, 0.1) is 11.1 Å². The van der Waals surface area contributed by atoms with Crippen molar-refractivity contribution < 1.29 is 19.4 Å². The van der Waals surface area contributed by atoms with Crippen LogP contribution >= 0.6 is 11.6 Å². The number of benzene rings is 3. The summed E-state index contributed by atoms with van der Waals surface area (Å²) in [5.74, 6) is -1.41. The molecular weight excluding hydrogens is 366 g/mol. The molecule has 0 saturated carbocycles. The quantitative estimate of drug-likeness (QED) is 0.487. The van der Waals surface area contributed by atoms with E-state index in [1.54, 1.807) is 24.3 Å². The van der Waals surface area contributed by atoms with Gasteiger partial charge in [-0.3, -0.25) is 4.79 Å². The van der Waals surface area contributed by atoms with Gasteiger partial charge in [-0.2, -0.15) is 0 Å². The highest BCUT2D eigenvalue weighted by atomic mass is 35.5. The van der Waals surface area contributed by atoms with E-state index in [1.165, 1.54) is 12.1 Å². The number of aromatic carboxylic acids is 1. The Labute approximate surface area is 161 Å². The van der Waals surface area contributed by atoms with Gasteiger partial charge in [-0.1, -0.05) is 41.9 Å². The maximum Gasteiger partial charge on any atom is 0.335 e. The second kappa shape index (κ2) is 7.93. The van der Waals surface area contributed by atoms with Crippen LogP contribution in [0, 0.1) is 0 Å². The van der Waals surface area contributed by atoms with Crippen LogP contribution in [-0.2, 0) is 6.61 Å². The lowest BCUT2D eigenvalue weighted by Gasteiger charge is -2.14. The number of carboxylic acid groups (broad SMARTS) is 1. The van der Waals surface area contributed by atoms with Crippen molar-refractivity contribution >= 4 is 29.0 Å². The van der Waals surface area contributed by atoms with Gasteiger partial charge in [-0.15, -0.1) is 0 Å². The first-order chi connectivity index (χ1) is 13.0. The molecule has 0 atom stereocenters. The molecule has 3 aromatic carbocycles. The van der Waals surface area contributed by atoms with Crippen LogP contribution in [0.4, 0.5) is 5.69 Å². The summed E-state index contributed by atoms with van der Waals surface area (Å²) < 4.78 is 5.77. The summed E-state index contributed by atoms with van der Waals surface area (Å²) in [5, 5.41) is 9.79. The largest absolute Gasteiger partial charge is 0.488 e. The van der Waals surface area contributed by atoms with Crippen molar-refractivity contribution in [3.8, 4) is 5.75 Å². The number of rotatable bonds is 6. The minimum Gasteiger partial charge on any atom is -0.488 e. The molecule has 0 fully saturated rings. The maximum atomic E-state index is 12.9. The number of ether oxygens (including phenoxy) is 1. The van der Waals surface area contributed by atoms with Crippen molar-refractivity contribution in [2.45, 2.75) is 6.61 Å². The second-order valence-corrected chi connectivity index (χ2v) is 6.29. The van der Waals surface area contributed by atoms with Gasteiger partial charge in [0.2, 0.25) is 0 Å². The predicted molar refractivity (Wildman–Crippen MR) is 103 cm³/mol. The highest BCUT2D eigenvalue weighted by Gasteiger charge is 2.21. The third-order valence-corrected chi connectivity index (χ3v) is 4.20. The van der Waals surface area contributed by atoms with E-state index in [0.717, 1.165) is 5.56 Å². The molecule has 3 aromatic rings. The molecular formula is C21H16ClNO4. The van der Waals surface area contributed by atoms with Crippen molar-refractivity contribution in [1.29, 1.82) is 0 Å². The van der Waals surface area contributed by atoms with Crippen LogP contribution in [0.15, 0.2) is 66.7 Å². The Hall–Kier alpha value is -3.31. The number of carboxylic acids is 1. The molecule has 0 amide bonds. The Morgan fingerprint density at radius 1 is 0.963 bits per heavy atom. The molecule has 0 unspecified atom stereocenters. The van der Waals surface area contributed by atoms with Crippen molar-refractivity contribution in [3.63, 3.8) is 0 Å². The maximum absolute atomic E-state index is 12.9. The molecule has 0 radical (unpaired) electrons. The fourth-order valence-electron chi connectivity index (χ4n) is 2.60. The van der Waals surface area contributed by atoms with E-state index in [4.69, 9.17) is 22.1 Å². The number of anilines is 1. The summed E-state index contributed by atoms with van der Waals surface area (Å²) in [6.45, 7) is 0.171. The molecule has 3 N–H and O–H groups in total. The second-order valence-electron chi connectivity index (χ2n) is 5.85. The number of carbonyl (C=O) groups excluding carboxylic acids is 1. The van der Waals surface area contributed by atoms with Crippen LogP contribution in [0.2, 0.25) is 5.02 Å². The third-order valence-electron chi connectivity index (χ3n) is 3.95. The Kier molecular flexibility index (Phi) is 5.43. The van der Waals surface area contributed by atoms with Gasteiger partial charge in [0.1, 0.15) is 12.4 Å². The molecule has 0 heterocycles. The summed E-state index contributed by atoms with van der Waals surface area (Å²) in [5.41, 5.74) is 7.37. The first-order valence-electron chi connectivity index (χ1n) is 8.09. The Bertz CT molecular complexity index is 985. The topological polar surface area (TPSA) is 89.6 Å². The van der Waals surface area contributed by atoms with Crippen LogP contribution < -0.4 is 10.5 Å². The molecule has 3 rings (SSSR count). The Balaban J connectivity index is 2.01. The molecule has 0 aliphatic rings. The summed E-state index contributed by atoms with van der Waals surface area (Å²) in [7, 11) is 0. The number of hydrogen-bond donors (Lipinski definition) is 2. The first kappa shape index (κ1) is 18.5. The van der Waals surface area contributed by atoms with Gasteiger partial charge in [-0.25, -0.2) is 4.79 Å². The van der Waals surface area contributed by atoms with E-state index < -0.39 is 5.97 Å². The lowest BCUT2D eigenvalue weighted by Crippen LogP contribution is -2.11. The lowest BCUT2D eigenvalue weighted by atomic mass is 9.98. The number of ketones is 1. The number of nitrogen functional groups attached to an aromatic ring is 1. The molecule has 0 aromatic heterocycles. The minimum absolute atomic E-state index is 0.0397. The Morgan fingerprint density at radius 3 is 2.26 bits per heavy atom. The standard InChI is InChI=1S/C21H16ClNO4/c22-16-8-6-14(7-9-16)20(24)19-17(23)10-15(21(25)26)11-18(19)27-12-13-4-2-1-3-5-13/h1-11H,12,23H2,(H,25,26). The average Bonchev–Trinajstić information content (AvgIpc) is 2.67. The fourth-order valence-corrected chi connectivity index (χ4v) is 2.72. The van der Waals surface area contributed by atoms with Crippen molar-refractivity contribution in [2.75, 3.05) is 5.73 Å². The summed E-state index contributed by atoms with van der Waals surface area (Å²) >= 11 is 5.87. The predicted octanol–water partition coefficient (Wildman–Crippen LogP) is 4.43. The molecule has 136 valence electrons. The minimum atomic E-state index is -1.16. The van der Waals surface area contributed by atoms with Crippen LogP contribution in [0.1, 0.15) is 31.8 Å². The van der Waals surface area contributed by atoms with Crippen molar-refractivity contribution in [2.24, 2.45) is 0 Å². The van der Waals surface area contributed by atoms with Gasteiger partial charge in [0.15, 0.2) is 5.78 Å². The number of halogens is 1. The number of nitrogens with two attached hydrogens (primary N) is 1. The first-order valence-corrected chi connectivity index (χ1v) is 8.47. The molecule has 6 heteroatoms. The van der Waals surface area contributed by atoms with Gasteiger partial charge in [-0.05, 0) is 42.0 Å². The molecule has 5 nitrogen and oxygen atoms in total. The van der Waals surface area contributed by atoms with E-state index >= 15 is 0 Å². The van der Waals surface area contributed by atoms with Crippen molar-refractivity contribution in [3.05, 3.63) is 94.0 Å². The monoisotopic (exact) mass is 381 g/mol. The zero-order valence-corrected chi connectivity index (χ0v) is 14.9. The van der Waals surface area contributed by atoms with E-state index in [0.29, 0.717) is 10.6 Å². The van der Waals surface area contributed by atoms with Gasteiger partial charge in [0, 0.05) is 16.3 Å². The van der Waals surface area contributed by atoms with Gasteiger partial charge < -0.3 is 15.6 Å². The molecule has 0 saturated heterocycles. The van der Waals surface area contributed by atoms with Crippen LogP contribution in [0.5, 0.6) is 5.75 Å². The van der Waals surface area contributed by atoms with E-state index in [-0.39, 0.29) is 35.0 Å². The van der Waals surface area contributed by atoms with Crippen LogP contribution in [-0.4, -0.2) is 16.9 Å². The smallest absolute Gasteiger partial charge is 0.335 e. The average molecular weight is 382 g/mol. The SMILES string of the molecule is Nc1cc(C(=O)O)cc(OCc2ccccc2)c1C(=O)c1ccc(Cl)cc1. The highest BCUT2D eigenvalue weighted by molar-refractivity contribution is 6.30. The van der Waals surface area contributed by atoms with Gasteiger partial charge in [0.25, 0.3) is 0 Å². The molecule has 0 aliphatic carbocycles. The molecule has 27 heavy (non-hydrogen) atoms. The normalized spacial score (nSPS) is 10.4. The zero-order chi connectivity index (χ0) is 19.4. The van der Waals surface area contributed by atoms with Crippen molar-refractivity contribution in [1.82, 2.24) is 0 Å². The van der Waals surface area contributed by atoms with Crippen LogP contribution in [0.3, 0.4) is 0 Å². The van der Waals surface area contributed by atoms with Crippen LogP contribution in [0.25, 0.3) is 0 Å². The van der Waals surface area contributed by atoms with E-state index in [9.17, 15) is 14.7 Å². The highest BCUT2D eigenvalue weighted by Crippen LogP contribution is 2.30. The molecule has 0 spiro atoms. The lowest BCUT2D eigenvalue weighted by molar-refractivity contribution is 0.0695. The number of carbonyl (C=O) groups is 2. The molecule has 0 bridgehead atoms. The number of hydrogen-bond acceptors (Lipinski definition) is 4. The fraction of sp³-hybridized carbons (Fsp3) is 0.0476. The van der Waals surface area contributed by atoms with E-state index in [1.807, 2.05) is 30.3 Å². The van der Waals surface area contributed by atoms with Gasteiger partial charge >= 0.3 is 5.97 Å². The van der Waals surface area contributed by atoms with E-state index in [2.05, 4.69) is 0 Å². The zero-order valence-electron chi connectivity index (χ0n) is 14.2. The summed E-state index contributed by atoms with van der Waals surface area (Å²) in [6, 6.07) is 18.2. The third kappa shape index (κ3) is 4.27. The summed E-state index contributed by atoms with van der Waals surface area (Å²) in [4.78, 5) is 24.3. The molecule has 0 aliphatic heterocycles.